The fourth-order valence-electron chi connectivity index (χ4n) is 3.61. The summed E-state index contributed by atoms with van der Waals surface area (Å²) in [4.78, 5) is 11.6. The van der Waals surface area contributed by atoms with Crippen molar-refractivity contribution in [3.63, 3.8) is 0 Å². The molecular weight excluding hydrogens is 228 g/mol. The molecule has 2 aliphatic carbocycles. The molecule has 0 radical (unpaired) electrons. The van der Waals surface area contributed by atoms with E-state index in [2.05, 4.69) is 13.2 Å². The zero-order valence-corrected chi connectivity index (χ0v) is 10.7. The zero-order chi connectivity index (χ0) is 13.1. The Morgan fingerprint density at radius 1 is 1.33 bits per heavy atom. The number of rotatable bonds is 0. The number of fused-ring (bicyclic) bond motifs is 2. The molecule has 18 heavy (non-hydrogen) atoms. The molecule has 0 aromatic carbocycles. The van der Waals surface area contributed by atoms with E-state index in [0.717, 1.165) is 24.0 Å². The normalized spacial score (nSPS) is 39.6. The van der Waals surface area contributed by atoms with Crippen LogP contribution in [0.15, 0.2) is 35.5 Å². The number of esters is 1. The standard InChI is InChI=1S/C15H18O3/c1-8-4-5-11-9(2)7-15(17)13(6-12(8)11)10(3)14(16)18-15/h11-12,17H,1-2,4-7H2,3H3. The number of ether oxygens (including phenoxy) is 1. The van der Waals surface area contributed by atoms with Crippen LogP contribution in [0.4, 0.5) is 0 Å². The molecule has 3 heteroatoms. The van der Waals surface area contributed by atoms with Gasteiger partial charge in [0.1, 0.15) is 0 Å². The molecule has 1 heterocycles. The first-order valence-electron chi connectivity index (χ1n) is 6.43. The van der Waals surface area contributed by atoms with E-state index in [0.29, 0.717) is 30.3 Å². The second-order valence-electron chi connectivity index (χ2n) is 5.73. The van der Waals surface area contributed by atoms with E-state index < -0.39 is 11.8 Å². The molecule has 0 spiro atoms. The van der Waals surface area contributed by atoms with Gasteiger partial charge in [-0.1, -0.05) is 24.3 Å². The molecule has 3 rings (SSSR count). The zero-order valence-electron chi connectivity index (χ0n) is 10.7. The van der Waals surface area contributed by atoms with Gasteiger partial charge in [-0.05, 0) is 38.0 Å². The third-order valence-corrected chi connectivity index (χ3v) is 4.69. The van der Waals surface area contributed by atoms with Crippen LogP contribution in [0.1, 0.15) is 32.6 Å². The Morgan fingerprint density at radius 2 is 2.06 bits per heavy atom. The van der Waals surface area contributed by atoms with Crippen LogP contribution in [0, 0.1) is 11.8 Å². The van der Waals surface area contributed by atoms with E-state index in [9.17, 15) is 9.90 Å². The third kappa shape index (κ3) is 1.43. The number of carbonyl (C=O) groups is 1. The molecular formula is C15H18O3. The summed E-state index contributed by atoms with van der Waals surface area (Å²) in [6, 6.07) is 0. The highest BCUT2D eigenvalue weighted by atomic mass is 16.7. The number of hydrogen-bond acceptors (Lipinski definition) is 3. The first kappa shape index (κ1) is 11.7. The molecule has 3 nitrogen and oxygen atoms in total. The summed E-state index contributed by atoms with van der Waals surface area (Å²) in [5, 5.41) is 10.6. The highest BCUT2D eigenvalue weighted by Gasteiger charge is 2.50. The van der Waals surface area contributed by atoms with Crippen LogP contribution in [0.3, 0.4) is 0 Å². The fourth-order valence-corrected chi connectivity index (χ4v) is 3.61. The maximum absolute atomic E-state index is 11.6. The second kappa shape index (κ2) is 3.58. The van der Waals surface area contributed by atoms with Gasteiger partial charge in [-0.15, -0.1) is 0 Å². The molecule has 0 bridgehead atoms. The van der Waals surface area contributed by atoms with Crippen LogP contribution in [0.2, 0.25) is 0 Å². The van der Waals surface area contributed by atoms with Crippen molar-refractivity contribution < 1.29 is 14.6 Å². The van der Waals surface area contributed by atoms with Gasteiger partial charge in [0, 0.05) is 17.6 Å². The minimum Gasteiger partial charge on any atom is -0.425 e. The summed E-state index contributed by atoms with van der Waals surface area (Å²) < 4.78 is 5.17. The third-order valence-electron chi connectivity index (χ3n) is 4.69. The summed E-state index contributed by atoms with van der Waals surface area (Å²) in [5.74, 6) is -1.15. The average molecular weight is 246 g/mol. The van der Waals surface area contributed by atoms with E-state index in [1.54, 1.807) is 6.92 Å². The Morgan fingerprint density at radius 3 is 2.78 bits per heavy atom. The molecule has 0 aromatic heterocycles. The number of aliphatic hydroxyl groups is 1. The van der Waals surface area contributed by atoms with E-state index in [1.807, 2.05) is 0 Å². The van der Waals surface area contributed by atoms with Gasteiger partial charge in [-0.25, -0.2) is 4.79 Å². The summed E-state index contributed by atoms with van der Waals surface area (Å²) >= 11 is 0. The lowest BCUT2D eigenvalue weighted by Gasteiger charge is -2.24. The largest absolute Gasteiger partial charge is 0.425 e. The highest BCUT2D eigenvalue weighted by molar-refractivity contribution is 5.92. The molecule has 96 valence electrons. The molecule has 0 aromatic rings. The van der Waals surface area contributed by atoms with E-state index in [4.69, 9.17) is 4.74 Å². The van der Waals surface area contributed by atoms with Crippen molar-refractivity contribution in [3.8, 4) is 0 Å². The van der Waals surface area contributed by atoms with Crippen LogP contribution >= 0.6 is 0 Å². The lowest BCUT2D eigenvalue weighted by Crippen LogP contribution is -2.31. The van der Waals surface area contributed by atoms with E-state index >= 15 is 0 Å². The van der Waals surface area contributed by atoms with Crippen molar-refractivity contribution >= 4 is 5.97 Å². The topological polar surface area (TPSA) is 46.5 Å². The van der Waals surface area contributed by atoms with E-state index in [1.165, 1.54) is 5.57 Å². The van der Waals surface area contributed by atoms with Gasteiger partial charge in [0.15, 0.2) is 0 Å². The minimum absolute atomic E-state index is 0.311. The number of hydrogen-bond donors (Lipinski definition) is 1. The number of carbonyl (C=O) groups excluding carboxylic acids is 1. The lowest BCUT2D eigenvalue weighted by molar-refractivity contribution is -0.181. The summed E-state index contributed by atoms with van der Waals surface area (Å²) in [6.07, 6.45) is 3.09. The Balaban J connectivity index is 2.07. The van der Waals surface area contributed by atoms with Crippen LogP contribution in [0.5, 0.6) is 0 Å². The highest BCUT2D eigenvalue weighted by Crippen LogP contribution is 2.52. The molecule has 2 saturated carbocycles. The lowest BCUT2D eigenvalue weighted by atomic mass is 9.86. The first-order valence-corrected chi connectivity index (χ1v) is 6.43. The fraction of sp³-hybridized carbons (Fsp3) is 0.533. The molecule has 0 amide bonds. The van der Waals surface area contributed by atoms with Crippen molar-refractivity contribution in [3.05, 3.63) is 35.5 Å². The summed E-state index contributed by atoms with van der Waals surface area (Å²) in [5.41, 5.74) is 3.50. The van der Waals surface area contributed by atoms with Crippen LogP contribution < -0.4 is 0 Å². The molecule has 1 aliphatic heterocycles. The first-order chi connectivity index (χ1) is 8.42. The van der Waals surface area contributed by atoms with E-state index in [-0.39, 0.29) is 0 Å². The van der Waals surface area contributed by atoms with Gasteiger partial charge >= 0.3 is 5.97 Å². The Kier molecular flexibility index (Phi) is 2.33. The van der Waals surface area contributed by atoms with Crippen molar-refractivity contribution in [2.24, 2.45) is 11.8 Å². The SMILES string of the molecule is C=C1CC2(O)OC(=O)C(C)=C2CC2C(=C)CCC12. The Hall–Kier alpha value is -1.35. The maximum atomic E-state index is 11.6. The number of allylic oxidation sites excluding steroid dienone is 1. The second-order valence-corrected chi connectivity index (χ2v) is 5.73. The maximum Gasteiger partial charge on any atom is 0.336 e. The van der Waals surface area contributed by atoms with Gasteiger partial charge < -0.3 is 9.84 Å². The molecule has 2 fully saturated rings. The van der Waals surface area contributed by atoms with Crippen LogP contribution in [-0.4, -0.2) is 16.9 Å². The van der Waals surface area contributed by atoms with Crippen LogP contribution in [-0.2, 0) is 9.53 Å². The molecule has 0 saturated heterocycles. The van der Waals surface area contributed by atoms with Crippen molar-refractivity contribution in [2.75, 3.05) is 0 Å². The Labute approximate surface area is 107 Å². The van der Waals surface area contributed by atoms with Gasteiger partial charge in [0.05, 0.1) is 0 Å². The summed E-state index contributed by atoms with van der Waals surface area (Å²) in [7, 11) is 0. The van der Waals surface area contributed by atoms with Crippen molar-refractivity contribution in [1.82, 2.24) is 0 Å². The van der Waals surface area contributed by atoms with Crippen molar-refractivity contribution in [2.45, 2.75) is 38.4 Å². The van der Waals surface area contributed by atoms with Crippen LogP contribution in [0.25, 0.3) is 0 Å². The van der Waals surface area contributed by atoms with Gasteiger partial charge in [-0.2, -0.15) is 0 Å². The van der Waals surface area contributed by atoms with Gasteiger partial charge in [0.25, 0.3) is 0 Å². The average Bonchev–Trinajstić information content (AvgIpc) is 2.70. The molecule has 3 aliphatic rings. The monoisotopic (exact) mass is 246 g/mol. The summed E-state index contributed by atoms with van der Waals surface area (Å²) in [6.45, 7) is 9.95. The van der Waals surface area contributed by atoms with Gasteiger partial charge in [0.2, 0.25) is 5.79 Å². The molecule has 3 atom stereocenters. The molecule has 3 unspecified atom stereocenters. The minimum atomic E-state index is -1.44. The van der Waals surface area contributed by atoms with Crippen molar-refractivity contribution in [1.29, 1.82) is 0 Å². The quantitative estimate of drug-likeness (QED) is 0.527. The predicted octanol–water partition coefficient (Wildman–Crippen LogP) is 2.48. The smallest absolute Gasteiger partial charge is 0.336 e. The predicted molar refractivity (Wildman–Crippen MR) is 67.5 cm³/mol. The molecule has 1 N–H and O–H groups in total. The Bertz CT molecular complexity index is 500. The van der Waals surface area contributed by atoms with Gasteiger partial charge in [-0.3, -0.25) is 0 Å².